The van der Waals surface area contributed by atoms with Crippen LogP contribution in [0.5, 0.6) is 6.01 Å². The van der Waals surface area contributed by atoms with Gasteiger partial charge in [-0.15, -0.1) is 0 Å². The molecule has 2 aliphatic rings. The number of fused-ring (bicyclic) bond motifs is 1. The molecular formula is C21H27N5O3. The van der Waals surface area contributed by atoms with Gasteiger partial charge in [-0.25, -0.2) is 14.6 Å². The number of hydrogen-bond acceptors (Lipinski definition) is 6. The number of aromatic nitrogens is 4. The van der Waals surface area contributed by atoms with Crippen molar-refractivity contribution in [2.75, 3.05) is 19.7 Å². The maximum atomic E-state index is 13.1. The first-order valence-corrected chi connectivity index (χ1v) is 10.2. The molecule has 8 heteroatoms. The second-order valence-corrected chi connectivity index (χ2v) is 8.56. The molecule has 2 aromatic rings. The maximum absolute atomic E-state index is 13.1. The van der Waals surface area contributed by atoms with E-state index >= 15 is 0 Å². The summed E-state index contributed by atoms with van der Waals surface area (Å²) in [4.78, 5) is 35.4. The van der Waals surface area contributed by atoms with E-state index in [1.54, 1.807) is 12.4 Å². The van der Waals surface area contributed by atoms with Crippen molar-refractivity contribution in [3.63, 3.8) is 0 Å². The van der Waals surface area contributed by atoms with Crippen LogP contribution < -0.4 is 10.3 Å². The molecule has 8 nitrogen and oxygen atoms in total. The molecular weight excluding hydrogens is 370 g/mol. The average molecular weight is 397 g/mol. The zero-order valence-corrected chi connectivity index (χ0v) is 17.2. The standard InChI is InChI=1S/C21H27N5O3/c1-14(2)26-18(27)7-6-17(24-26)19(28)25-11-16-5-4-8-21(16,12-25)13-29-20-22-9-15(3)10-23-20/h6-7,9-10,14,16H,4-5,8,11-13H2,1-3H3. The predicted molar refractivity (Wildman–Crippen MR) is 107 cm³/mol. The van der Waals surface area contributed by atoms with Crippen LogP contribution in [-0.2, 0) is 0 Å². The minimum Gasteiger partial charge on any atom is -0.463 e. The summed E-state index contributed by atoms with van der Waals surface area (Å²) in [6.07, 6.45) is 6.73. The monoisotopic (exact) mass is 397 g/mol. The lowest BCUT2D eigenvalue weighted by Gasteiger charge is -2.28. The van der Waals surface area contributed by atoms with Gasteiger partial charge in [0.25, 0.3) is 11.5 Å². The number of aryl methyl sites for hydroxylation is 1. The maximum Gasteiger partial charge on any atom is 0.316 e. The van der Waals surface area contributed by atoms with Gasteiger partial charge in [0.15, 0.2) is 0 Å². The molecule has 2 unspecified atom stereocenters. The summed E-state index contributed by atoms with van der Waals surface area (Å²) in [5, 5.41) is 4.30. The highest BCUT2D eigenvalue weighted by atomic mass is 16.5. The Morgan fingerprint density at radius 3 is 2.79 bits per heavy atom. The molecule has 2 fully saturated rings. The highest BCUT2D eigenvalue weighted by molar-refractivity contribution is 5.92. The van der Waals surface area contributed by atoms with Gasteiger partial charge in [0, 0.05) is 37.0 Å². The Morgan fingerprint density at radius 1 is 1.31 bits per heavy atom. The van der Waals surface area contributed by atoms with E-state index < -0.39 is 0 Å². The summed E-state index contributed by atoms with van der Waals surface area (Å²) < 4.78 is 7.29. The average Bonchev–Trinajstić information content (AvgIpc) is 3.24. The van der Waals surface area contributed by atoms with Crippen LogP contribution in [0.15, 0.2) is 29.3 Å². The van der Waals surface area contributed by atoms with Gasteiger partial charge in [-0.3, -0.25) is 9.59 Å². The van der Waals surface area contributed by atoms with E-state index in [9.17, 15) is 9.59 Å². The molecule has 1 saturated carbocycles. The van der Waals surface area contributed by atoms with Crippen molar-refractivity contribution < 1.29 is 9.53 Å². The molecule has 2 atom stereocenters. The van der Waals surface area contributed by atoms with E-state index in [1.165, 1.54) is 16.8 Å². The number of ether oxygens (including phenoxy) is 1. The van der Waals surface area contributed by atoms with Gasteiger partial charge in [0.1, 0.15) is 5.69 Å². The molecule has 0 spiro atoms. The molecule has 1 aliphatic carbocycles. The van der Waals surface area contributed by atoms with Gasteiger partial charge in [0.2, 0.25) is 0 Å². The zero-order valence-electron chi connectivity index (χ0n) is 17.2. The number of nitrogens with zero attached hydrogens (tertiary/aromatic N) is 5. The molecule has 4 rings (SSSR count). The summed E-state index contributed by atoms with van der Waals surface area (Å²) in [5.41, 5.74) is 1.03. The molecule has 1 saturated heterocycles. The van der Waals surface area contributed by atoms with E-state index in [4.69, 9.17) is 4.74 Å². The van der Waals surface area contributed by atoms with Gasteiger partial charge in [-0.05, 0) is 51.2 Å². The van der Waals surface area contributed by atoms with Crippen LogP contribution in [0.25, 0.3) is 0 Å². The van der Waals surface area contributed by atoms with Gasteiger partial charge in [0.05, 0.1) is 12.6 Å². The summed E-state index contributed by atoms with van der Waals surface area (Å²) in [5.74, 6) is 0.271. The molecule has 154 valence electrons. The third-order valence-electron chi connectivity index (χ3n) is 6.11. The minimum atomic E-state index is -0.196. The molecule has 1 amide bonds. The van der Waals surface area contributed by atoms with Gasteiger partial charge in [-0.1, -0.05) is 6.42 Å². The van der Waals surface area contributed by atoms with Crippen molar-refractivity contribution in [2.24, 2.45) is 11.3 Å². The van der Waals surface area contributed by atoms with E-state index in [-0.39, 0.29) is 22.9 Å². The fraction of sp³-hybridized carbons (Fsp3) is 0.571. The first kappa shape index (κ1) is 19.5. The van der Waals surface area contributed by atoms with E-state index in [1.807, 2.05) is 25.7 Å². The first-order valence-electron chi connectivity index (χ1n) is 10.2. The highest BCUT2D eigenvalue weighted by Gasteiger charge is 2.51. The fourth-order valence-electron chi connectivity index (χ4n) is 4.54. The molecule has 0 N–H and O–H groups in total. The molecule has 3 heterocycles. The SMILES string of the molecule is Cc1cnc(OCC23CCCC2CN(C(=O)c2ccc(=O)n(C(C)C)n2)C3)nc1. The normalized spacial score (nSPS) is 23.4. The van der Waals surface area contributed by atoms with Crippen LogP contribution >= 0.6 is 0 Å². The topological polar surface area (TPSA) is 90.2 Å². The van der Waals surface area contributed by atoms with Crippen molar-refractivity contribution in [1.82, 2.24) is 24.6 Å². The van der Waals surface area contributed by atoms with Gasteiger partial charge in [-0.2, -0.15) is 5.10 Å². The second-order valence-electron chi connectivity index (χ2n) is 8.56. The third-order valence-corrected chi connectivity index (χ3v) is 6.11. The Labute approximate surface area is 169 Å². The van der Waals surface area contributed by atoms with Gasteiger partial charge < -0.3 is 9.64 Å². The van der Waals surface area contributed by atoms with Crippen LogP contribution in [0.1, 0.15) is 55.2 Å². The lowest BCUT2D eigenvalue weighted by molar-refractivity contribution is 0.0733. The fourth-order valence-corrected chi connectivity index (χ4v) is 4.54. The number of carbonyl (C=O) groups excluding carboxylic acids is 1. The first-order chi connectivity index (χ1) is 13.9. The summed E-state index contributed by atoms with van der Waals surface area (Å²) in [6.45, 7) is 7.52. The lowest BCUT2D eigenvalue weighted by Crippen LogP contribution is -2.37. The summed E-state index contributed by atoms with van der Waals surface area (Å²) >= 11 is 0. The van der Waals surface area contributed by atoms with Crippen molar-refractivity contribution in [1.29, 1.82) is 0 Å². The van der Waals surface area contributed by atoms with Crippen LogP contribution in [0, 0.1) is 18.3 Å². The zero-order chi connectivity index (χ0) is 20.6. The predicted octanol–water partition coefficient (Wildman–Crippen LogP) is 2.24. The third kappa shape index (κ3) is 3.75. The van der Waals surface area contributed by atoms with Crippen molar-refractivity contribution >= 4 is 5.91 Å². The van der Waals surface area contributed by atoms with Crippen molar-refractivity contribution in [3.8, 4) is 6.01 Å². The minimum absolute atomic E-state index is 0.0730. The smallest absolute Gasteiger partial charge is 0.316 e. The van der Waals surface area contributed by atoms with Crippen LogP contribution in [0.2, 0.25) is 0 Å². The quantitative estimate of drug-likeness (QED) is 0.769. The summed E-state index contributed by atoms with van der Waals surface area (Å²) in [6, 6.07) is 3.24. The Morgan fingerprint density at radius 2 is 2.07 bits per heavy atom. The van der Waals surface area contributed by atoms with E-state index in [0.717, 1.165) is 24.8 Å². The van der Waals surface area contributed by atoms with Gasteiger partial charge >= 0.3 is 6.01 Å². The van der Waals surface area contributed by atoms with Crippen molar-refractivity contribution in [2.45, 2.75) is 46.1 Å². The molecule has 29 heavy (non-hydrogen) atoms. The Bertz CT molecular complexity index is 956. The molecule has 1 aliphatic heterocycles. The molecule has 0 bridgehead atoms. The van der Waals surface area contributed by atoms with E-state index in [0.29, 0.717) is 37.3 Å². The van der Waals surface area contributed by atoms with Crippen molar-refractivity contribution in [3.05, 3.63) is 46.1 Å². The Balaban J connectivity index is 1.50. The molecule has 0 radical (unpaired) electrons. The molecule has 0 aromatic carbocycles. The Kier molecular flexibility index (Phi) is 5.10. The number of rotatable bonds is 5. The lowest BCUT2D eigenvalue weighted by atomic mass is 9.82. The highest BCUT2D eigenvalue weighted by Crippen LogP contribution is 2.49. The largest absolute Gasteiger partial charge is 0.463 e. The second kappa shape index (κ2) is 7.57. The van der Waals surface area contributed by atoms with Crippen LogP contribution in [0.3, 0.4) is 0 Å². The van der Waals surface area contributed by atoms with Crippen LogP contribution in [-0.4, -0.2) is 50.3 Å². The number of carbonyl (C=O) groups is 1. The number of likely N-dealkylation sites (tertiary alicyclic amines) is 1. The Hall–Kier alpha value is -2.77. The van der Waals surface area contributed by atoms with E-state index in [2.05, 4.69) is 15.1 Å². The molecule has 2 aromatic heterocycles. The number of hydrogen-bond donors (Lipinski definition) is 0. The van der Waals surface area contributed by atoms with Crippen LogP contribution in [0.4, 0.5) is 0 Å². The number of amides is 1. The summed E-state index contributed by atoms with van der Waals surface area (Å²) in [7, 11) is 0.